The molecule has 0 radical (unpaired) electrons. The van der Waals surface area contributed by atoms with E-state index in [4.69, 9.17) is 11.6 Å². The first-order chi connectivity index (χ1) is 18.5. The van der Waals surface area contributed by atoms with Crippen molar-refractivity contribution in [2.75, 3.05) is 0 Å². The van der Waals surface area contributed by atoms with E-state index >= 15 is 0 Å². The first-order valence-electron chi connectivity index (χ1n) is 10.9. The van der Waals surface area contributed by atoms with E-state index in [1.54, 1.807) is 0 Å². The topological polar surface area (TPSA) is 119 Å². The average molecular weight is 637 g/mol. The highest BCUT2D eigenvalue weighted by molar-refractivity contribution is 7.93. The van der Waals surface area contributed by atoms with Crippen molar-refractivity contribution in [1.82, 2.24) is 8.69 Å². The second-order valence-electron chi connectivity index (χ2n) is 8.24. The van der Waals surface area contributed by atoms with E-state index in [1.165, 1.54) is 35.1 Å². The number of hydrogen-bond acceptors (Lipinski definition) is 6. The van der Waals surface area contributed by atoms with Crippen molar-refractivity contribution < 1.29 is 42.8 Å². The summed E-state index contributed by atoms with van der Waals surface area (Å²) in [6, 6.07) is 11.7. The van der Waals surface area contributed by atoms with Crippen LogP contribution in [-0.2, 0) is 29.9 Å². The summed E-state index contributed by atoms with van der Waals surface area (Å²) in [4.78, 5) is -1.28. The molecule has 0 aliphatic heterocycles. The molecule has 0 bridgehead atoms. The summed E-state index contributed by atoms with van der Waals surface area (Å²) >= 11 is 6.01. The van der Waals surface area contributed by atoms with Crippen molar-refractivity contribution in [2.45, 2.75) is 26.4 Å². The Hall–Kier alpha value is -3.24. The summed E-state index contributed by atoms with van der Waals surface area (Å²) in [5, 5.41) is -0.493. The van der Waals surface area contributed by atoms with Crippen LogP contribution in [0.15, 0.2) is 100 Å². The molecular weight excluding hydrogens is 620 g/mol. The molecular formula is C24H17ClF4N2O6S3. The molecule has 0 aliphatic carbocycles. The van der Waals surface area contributed by atoms with Crippen molar-refractivity contribution in [1.29, 1.82) is 0 Å². The van der Waals surface area contributed by atoms with Crippen LogP contribution in [0.2, 0.25) is 5.02 Å². The zero-order valence-electron chi connectivity index (χ0n) is 19.8. The molecule has 1 atom stereocenters. The molecule has 0 aliphatic rings. The predicted octanol–water partition coefficient (Wildman–Crippen LogP) is 5.17. The Kier molecular flexibility index (Phi) is 7.66. The third-order valence-corrected chi connectivity index (χ3v) is 10.7. The molecule has 0 amide bonds. The Bertz CT molecular complexity index is 1960. The Morgan fingerprint density at radius 2 is 1.52 bits per heavy atom. The summed E-state index contributed by atoms with van der Waals surface area (Å²) < 4.78 is 132. The van der Waals surface area contributed by atoms with Crippen molar-refractivity contribution in [3.63, 3.8) is 0 Å². The number of sulfonamides is 1. The van der Waals surface area contributed by atoms with E-state index < -0.39 is 62.1 Å². The van der Waals surface area contributed by atoms with Gasteiger partial charge in [0.2, 0.25) is 9.84 Å². The fourth-order valence-electron chi connectivity index (χ4n) is 3.78. The number of fused-ring (bicyclic) bond motifs is 1. The zero-order valence-corrected chi connectivity index (χ0v) is 23.0. The van der Waals surface area contributed by atoms with Crippen LogP contribution < -0.4 is 4.72 Å². The van der Waals surface area contributed by atoms with Gasteiger partial charge < -0.3 is 0 Å². The van der Waals surface area contributed by atoms with Crippen LogP contribution in [0, 0.1) is 5.82 Å². The molecule has 1 aromatic heterocycles. The van der Waals surface area contributed by atoms with Gasteiger partial charge in [0.15, 0.2) is 5.03 Å². The third kappa shape index (κ3) is 5.26. The van der Waals surface area contributed by atoms with E-state index in [0.717, 1.165) is 48.5 Å². The number of aromatic nitrogens is 1. The number of halogens is 5. The number of alkyl halides is 3. The van der Waals surface area contributed by atoms with Crippen LogP contribution in [0.25, 0.3) is 10.9 Å². The molecule has 4 rings (SSSR count). The van der Waals surface area contributed by atoms with Gasteiger partial charge in [0.05, 0.1) is 16.5 Å². The average Bonchev–Trinajstić information content (AvgIpc) is 3.27. The van der Waals surface area contributed by atoms with Crippen molar-refractivity contribution in [3.05, 3.63) is 102 Å². The molecule has 0 spiro atoms. The first-order valence-corrected chi connectivity index (χ1v) is 15.7. The summed E-state index contributed by atoms with van der Waals surface area (Å²) in [6.45, 7) is 3.30. The molecule has 0 fully saturated rings. The third-order valence-electron chi connectivity index (χ3n) is 5.69. The van der Waals surface area contributed by atoms with Gasteiger partial charge in [-0.2, -0.15) is 17.9 Å². The van der Waals surface area contributed by atoms with Crippen LogP contribution in [0.1, 0.15) is 11.6 Å². The fraction of sp³-hybridized carbons (Fsp3) is 0.0833. The number of hydrogen-bond donors (Lipinski definition) is 1. The largest absolute Gasteiger partial charge is 0.511 e. The Balaban J connectivity index is 1.86. The molecule has 1 N–H and O–H groups in total. The minimum absolute atomic E-state index is 0.0897. The minimum atomic E-state index is -5.76. The SMILES string of the molecule is C=C[C@H](NS(=O)(=O)C(F)(F)F)c1ccc(S(=O)(=O)c2cc3cc(Cl)ccc3n2S(=O)(=O)c2ccccc2F)cc1. The molecule has 40 heavy (non-hydrogen) atoms. The van der Waals surface area contributed by atoms with Crippen LogP contribution in [0.5, 0.6) is 0 Å². The first kappa shape index (κ1) is 29.7. The van der Waals surface area contributed by atoms with Gasteiger partial charge in [0.25, 0.3) is 10.0 Å². The highest BCUT2D eigenvalue weighted by Gasteiger charge is 2.46. The minimum Gasteiger partial charge on any atom is -0.222 e. The van der Waals surface area contributed by atoms with Gasteiger partial charge in [-0.15, -0.1) is 6.58 Å². The van der Waals surface area contributed by atoms with Gasteiger partial charge in [0, 0.05) is 10.4 Å². The van der Waals surface area contributed by atoms with Crippen LogP contribution in [0.3, 0.4) is 0 Å². The smallest absolute Gasteiger partial charge is 0.222 e. The van der Waals surface area contributed by atoms with Gasteiger partial charge in [-0.1, -0.05) is 41.9 Å². The lowest BCUT2D eigenvalue weighted by atomic mass is 10.1. The number of nitrogens with one attached hydrogen (secondary N) is 1. The Labute approximate surface area is 231 Å². The van der Waals surface area contributed by atoms with Crippen molar-refractivity contribution >= 4 is 52.4 Å². The maximum atomic E-state index is 14.5. The molecule has 4 aromatic rings. The summed E-state index contributed by atoms with van der Waals surface area (Å²) in [5.41, 5.74) is -5.80. The molecule has 1 heterocycles. The monoisotopic (exact) mass is 636 g/mol. The van der Waals surface area contributed by atoms with Gasteiger partial charge in [-0.3, -0.25) is 0 Å². The Morgan fingerprint density at radius 1 is 0.900 bits per heavy atom. The molecule has 0 saturated carbocycles. The summed E-state index contributed by atoms with van der Waals surface area (Å²) in [5.74, 6) is -1.12. The number of benzene rings is 3. The van der Waals surface area contributed by atoms with Crippen molar-refractivity contribution in [2.24, 2.45) is 0 Å². The zero-order chi connectivity index (χ0) is 29.7. The Morgan fingerprint density at radius 3 is 2.10 bits per heavy atom. The van der Waals surface area contributed by atoms with E-state index in [-0.39, 0.29) is 21.5 Å². The standard InChI is InChI=1S/C24H17ClF4N2O6S3/c1-2-20(30-40(36,37)24(27,28)29)15-7-10-18(11-8-15)38(32,33)23-14-16-13-17(25)9-12-21(16)31(23)39(34,35)22-6-4-3-5-19(22)26/h2-14,20,30H,1H2/t20-/m0/s1. The van der Waals surface area contributed by atoms with E-state index in [2.05, 4.69) is 6.58 Å². The fourth-order valence-corrected chi connectivity index (χ4v) is 8.07. The lowest BCUT2D eigenvalue weighted by Crippen LogP contribution is -2.38. The van der Waals surface area contributed by atoms with E-state index in [1.807, 2.05) is 0 Å². The second kappa shape index (κ2) is 10.3. The van der Waals surface area contributed by atoms with E-state index in [9.17, 15) is 42.8 Å². The van der Waals surface area contributed by atoms with Crippen LogP contribution >= 0.6 is 11.6 Å². The predicted molar refractivity (Wildman–Crippen MR) is 139 cm³/mol. The number of sulfone groups is 1. The number of rotatable bonds is 8. The normalized spacial score (nSPS) is 13.8. The van der Waals surface area contributed by atoms with Gasteiger partial charge >= 0.3 is 15.5 Å². The maximum absolute atomic E-state index is 14.5. The molecule has 16 heteroatoms. The van der Waals surface area contributed by atoms with Crippen molar-refractivity contribution in [3.8, 4) is 0 Å². The molecule has 0 saturated heterocycles. The summed E-state index contributed by atoms with van der Waals surface area (Å²) in [6.07, 6.45) is 0.870. The van der Waals surface area contributed by atoms with Crippen LogP contribution in [0.4, 0.5) is 17.6 Å². The highest BCUT2D eigenvalue weighted by atomic mass is 35.5. The van der Waals surface area contributed by atoms with Gasteiger partial charge in [-0.25, -0.2) is 33.6 Å². The lowest BCUT2D eigenvalue weighted by molar-refractivity contribution is -0.0449. The van der Waals surface area contributed by atoms with E-state index in [0.29, 0.717) is 3.97 Å². The molecule has 3 aromatic carbocycles. The molecule has 0 unspecified atom stereocenters. The lowest BCUT2D eigenvalue weighted by Gasteiger charge is -2.17. The van der Waals surface area contributed by atoms with Gasteiger partial charge in [0.1, 0.15) is 10.7 Å². The second-order valence-corrected chi connectivity index (χ2v) is 14.0. The quantitative estimate of drug-likeness (QED) is 0.211. The van der Waals surface area contributed by atoms with Crippen LogP contribution in [-0.4, -0.2) is 34.7 Å². The summed E-state index contributed by atoms with van der Waals surface area (Å²) in [7, 11) is -15.3. The van der Waals surface area contributed by atoms with Gasteiger partial charge in [-0.05, 0) is 54.1 Å². The maximum Gasteiger partial charge on any atom is 0.511 e. The highest BCUT2D eigenvalue weighted by Crippen LogP contribution is 2.34. The molecule has 8 nitrogen and oxygen atoms in total. The number of nitrogens with zero attached hydrogens (tertiary/aromatic N) is 1. The molecule has 212 valence electrons.